The zero-order valence-electron chi connectivity index (χ0n) is 14.2. The quantitative estimate of drug-likeness (QED) is 0.701. The molecule has 2 aromatic carbocycles. The van der Waals surface area contributed by atoms with E-state index in [4.69, 9.17) is 4.74 Å². The normalized spacial score (nSPS) is 13.0. The molecule has 1 unspecified atom stereocenters. The molecule has 3 rings (SSSR count). The van der Waals surface area contributed by atoms with Crippen LogP contribution < -0.4 is 10.3 Å². The molecule has 0 spiro atoms. The van der Waals surface area contributed by atoms with Crippen molar-refractivity contribution in [1.29, 1.82) is 0 Å². The van der Waals surface area contributed by atoms with Gasteiger partial charge in [-0.15, -0.1) is 0 Å². The lowest BCUT2D eigenvalue weighted by molar-refractivity contribution is -0.146. The fourth-order valence-corrected chi connectivity index (χ4v) is 2.72. The molecule has 7 heteroatoms. The summed E-state index contributed by atoms with van der Waals surface area (Å²) in [5, 5.41) is 0. The Morgan fingerprint density at radius 1 is 1.15 bits per heavy atom. The largest absolute Gasteiger partial charge is 0.497 e. The Kier molecular flexibility index (Phi) is 4.71. The summed E-state index contributed by atoms with van der Waals surface area (Å²) in [6.45, 7) is 1.36. The molecule has 1 aromatic heterocycles. The van der Waals surface area contributed by atoms with Gasteiger partial charge < -0.3 is 9.30 Å². The van der Waals surface area contributed by atoms with Crippen molar-refractivity contribution in [1.82, 2.24) is 9.55 Å². The molecule has 4 nitrogen and oxygen atoms in total. The summed E-state index contributed by atoms with van der Waals surface area (Å²) in [5.41, 5.74) is 1.85. The number of nitrogens with zero attached hydrogens (tertiary/aromatic N) is 2. The third-order valence-corrected chi connectivity index (χ3v) is 4.36. The number of benzene rings is 2. The topological polar surface area (TPSA) is 44.1 Å². The Hall–Kier alpha value is -2.83. The van der Waals surface area contributed by atoms with Crippen molar-refractivity contribution in [3.8, 4) is 5.75 Å². The van der Waals surface area contributed by atoms with Crippen LogP contribution in [-0.4, -0.2) is 22.8 Å². The molecule has 0 saturated heterocycles. The second kappa shape index (κ2) is 6.82. The van der Waals surface area contributed by atoms with Crippen molar-refractivity contribution in [3.63, 3.8) is 0 Å². The average Bonchev–Trinajstić information content (AvgIpc) is 2.63. The third kappa shape index (κ3) is 3.56. The van der Waals surface area contributed by atoms with Gasteiger partial charge in [0.05, 0.1) is 36.8 Å². The number of aromatic nitrogens is 2. The zero-order chi connectivity index (χ0) is 18.9. The highest BCUT2D eigenvalue weighted by molar-refractivity contribution is 5.76. The zero-order valence-corrected chi connectivity index (χ0v) is 14.2. The number of rotatable bonds is 4. The number of alkyl halides is 3. The van der Waals surface area contributed by atoms with E-state index in [1.807, 2.05) is 0 Å². The Labute approximate surface area is 147 Å². The van der Waals surface area contributed by atoms with Gasteiger partial charge in [-0.25, -0.2) is 4.98 Å². The van der Waals surface area contributed by atoms with E-state index in [1.165, 1.54) is 30.0 Å². The molecule has 136 valence electrons. The van der Waals surface area contributed by atoms with Crippen molar-refractivity contribution in [2.24, 2.45) is 0 Å². The fourth-order valence-electron chi connectivity index (χ4n) is 2.72. The molecular formula is C19H17F3N2O2. The van der Waals surface area contributed by atoms with E-state index >= 15 is 0 Å². The molecule has 1 atom stereocenters. The number of methoxy groups -OCH3 is 1. The summed E-state index contributed by atoms with van der Waals surface area (Å²) in [4.78, 5) is 16.4. The van der Waals surface area contributed by atoms with Gasteiger partial charge >= 0.3 is 6.18 Å². The number of hydrogen-bond donors (Lipinski definition) is 0. The van der Waals surface area contributed by atoms with Gasteiger partial charge in [0.15, 0.2) is 0 Å². The Balaban J connectivity index is 1.96. The van der Waals surface area contributed by atoms with Crippen LogP contribution in [-0.2, 0) is 6.54 Å². The molecule has 0 aliphatic rings. The van der Waals surface area contributed by atoms with Crippen molar-refractivity contribution < 1.29 is 17.9 Å². The van der Waals surface area contributed by atoms with Crippen LogP contribution in [0.1, 0.15) is 24.0 Å². The minimum Gasteiger partial charge on any atom is -0.497 e. The van der Waals surface area contributed by atoms with E-state index in [9.17, 15) is 18.0 Å². The molecule has 0 saturated carbocycles. The number of hydrogen-bond acceptors (Lipinski definition) is 3. The van der Waals surface area contributed by atoms with Gasteiger partial charge in [0, 0.05) is 6.07 Å². The highest BCUT2D eigenvalue weighted by atomic mass is 19.4. The van der Waals surface area contributed by atoms with E-state index in [0.29, 0.717) is 16.8 Å². The number of ether oxygens (including phenoxy) is 1. The van der Waals surface area contributed by atoms with E-state index in [1.54, 1.807) is 30.3 Å². The molecule has 1 heterocycles. The maximum absolute atomic E-state index is 12.8. The van der Waals surface area contributed by atoms with E-state index in [0.717, 1.165) is 12.5 Å². The van der Waals surface area contributed by atoms with Gasteiger partial charge in [-0.3, -0.25) is 4.79 Å². The van der Waals surface area contributed by atoms with Gasteiger partial charge in [0.25, 0.3) is 5.56 Å². The molecule has 3 aromatic rings. The predicted octanol–water partition coefficient (Wildman–Crippen LogP) is 4.12. The summed E-state index contributed by atoms with van der Waals surface area (Å²) in [6, 6.07) is 11.3. The SMILES string of the molecule is COc1ccc2ncc(=O)n(Cc3ccc(C(C)C(F)(F)F)cc3)c2c1. The summed E-state index contributed by atoms with van der Waals surface area (Å²) < 4.78 is 45.2. The van der Waals surface area contributed by atoms with Gasteiger partial charge in [-0.1, -0.05) is 24.3 Å². The van der Waals surface area contributed by atoms with Gasteiger partial charge in [0.1, 0.15) is 5.75 Å². The predicted molar refractivity (Wildman–Crippen MR) is 92.6 cm³/mol. The Bertz CT molecular complexity index is 979. The van der Waals surface area contributed by atoms with Crippen LogP contribution in [0.5, 0.6) is 5.75 Å². The van der Waals surface area contributed by atoms with Crippen molar-refractivity contribution in [2.45, 2.75) is 25.6 Å². The first-order valence-corrected chi connectivity index (χ1v) is 7.99. The first-order valence-electron chi connectivity index (χ1n) is 7.99. The first-order chi connectivity index (χ1) is 12.3. The molecule has 0 aliphatic heterocycles. The van der Waals surface area contributed by atoms with Crippen LogP contribution in [0.3, 0.4) is 0 Å². The summed E-state index contributed by atoms with van der Waals surface area (Å²) in [6.07, 6.45) is -3.05. The van der Waals surface area contributed by atoms with Crippen LogP contribution in [0, 0.1) is 0 Å². The lowest BCUT2D eigenvalue weighted by Gasteiger charge is -2.16. The molecule has 0 radical (unpaired) electrons. The molecule has 26 heavy (non-hydrogen) atoms. The molecule has 0 N–H and O–H groups in total. The standard InChI is InChI=1S/C19H17F3N2O2/c1-12(19(20,21)22)14-5-3-13(4-6-14)11-24-17-9-15(26-2)7-8-16(17)23-10-18(24)25/h3-10,12H,11H2,1-2H3. The highest BCUT2D eigenvalue weighted by Crippen LogP contribution is 2.34. The lowest BCUT2D eigenvalue weighted by Crippen LogP contribution is -2.21. The van der Waals surface area contributed by atoms with Crippen molar-refractivity contribution in [3.05, 3.63) is 70.1 Å². The highest BCUT2D eigenvalue weighted by Gasteiger charge is 2.36. The summed E-state index contributed by atoms with van der Waals surface area (Å²) in [7, 11) is 1.53. The van der Waals surface area contributed by atoms with Crippen LogP contribution in [0.15, 0.2) is 53.5 Å². The summed E-state index contributed by atoms with van der Waals surface area (Å²) in [5.74, 6) is -0.946. The lowest BCUT2D eigenvalue weighted by atomic mass is 9.99. The smallest absolute Gasteiger partial charge is 0.395 e. The van der Waals surface area contributed by atoms with Crippen LogP contribution >= 0.6 is 0 Å². The fraction of sp³-hybridized carbons (Fsp3) is 0.263. The molecule has 0 aliphatic carbocycles. The maximum atomic E-state index is 12.8. The molecule has 0 fully saturated rings. The van der Waals surface area contributed by atoms with Crippen LogP contribution in [0.25, 0.3) is 11.0 Å². The number of halogens is 3. The van der Waals surface area contributed by atoms with Crippen LogP contribution in [0.2, 0.25) is 0 Å². The average molecular weight is 362 g/mol. The second-order valence-corrected chi connectivity index (χ2v) is 6.04. The maximum Gasteiger partial charge on any atom is 0.395 e. The minimum atomic E-state index is -4.28. The van der Waals surface area contributed by atoms with Gasteiger partial charge in [-0.05, 0) is 30.2 Å². The van der Waals surface area contributed by atoms with Crippen LogP contribution in [0.4, 0.5) is 13.2 Å². The Morgan fingerprint density at radius 3 is 2.46 bits per heavy atom. The minimum absolute atomic E-state index is 0.190. The van der Waals surface area contributed by atoms with Gasteiger partial charge in [0.2, 0.25) is 0 Å². The van der Waals surface area contributed by atoms with E-state index < -0.39 is 12.1 Å². The number of fused-ring (bicyclic) bond motifs is 1. The van der Waals surface area contributed by atoms with Crippen molar-refractivity contribution in [2.75, 3.05) is 7.11 Å². The summed E-state index contributed by atoms with van der Waals surface area (Å²) >= 11 is 0. The molecular weight excluding hydrogens is 345 g/mol. The molecule has 0 amide bonds. The first kappa shape index (κ1) is 18.0. The second-order valence-electron chi connectivity index (χ2n) is 6.04. The third-order valence-electron chi connectivity index (χ3n) is 4.36. The Morgan fingerprint density at radius 2 is 1.85 bits per heavy atom. The van der Waals surface area contributed by atoms with Gasteiger partial charge in [-0.2, -0.15) is 13.2 Å². The monoisotopic (exact) mass is 362 g/mol. The van der Waals surface area contributed by atoms with E-state index in [2.05, 4.69) is 4.98 Å². The molecule has 0 bridgehead atoms. The van der Waals surface area contributed by atoms with E-state index in [-0.39, 0.29) is 17.7 Å². The van der Waals surface area contributed by atoms with Crippen molar-refractivity contribution >= 4 is 11.0 Å².